The maximum absolute atomic E-state index is 13.2. The van der Waals surface area contributed by atoms with Crippen molar-refractivity contribution in [3.05, 3.63) is 52.8 Å². The van der Waals surface area contributed by atoms with Crippen LogP contribution in [0.3, 0.4) is 0 Å². The molecule has 3 nitrogen and oxygen atoms in total. The highest BCUT2D eigenvalue weighted by molar-refractivity contribution is 6.30. The third kappa shape index (κ3) is 3.29. The summed E-state index contributed by atoms with van der Waals surface area (Å²) in [4.78, 5) is 0. The number of nitrogens with one attached hydrogen (secondary N) is 1. The van der Waals surface area contributed by atoms with Crippen molar-refractivity contribution in [1.82, 2.24) is 0 Å². The highest BCUT2D eigenvalue weighted by Crippen LogP contribution is 2.25. The second-order valence-electron chi connectivity index (χ2n) is 3.98. The van der Waals surface area contributed by atoms with Gasteiger partial charge in [-0.3, -0.25) is 0 Å². The molecule has 0 radical (unpaired) electrons. The Bertz CT molecular complexity index is 590. The fraction of sp³-hybridized carbons (Fsp3) is 0.143. The Balaban J connectivity index is 2.12. The Morgan fingerprint density at radius 1 is 1.26 bits per heavy atom. The average molecular weight is 282 g/mol. The van der Waals surface area contributed by atoms with Crippen LogP contribution in [-0.4, -0.2) is 12.2 Å². The van der Waals surface area contributed by atoms with E-state index in [2.05, 4.69) is 5.32 Å². The van der Waals surface area contributed by atoms with Crippen LogP contribution in [0.1, 0.15) is 5.56 Å². The number of methoxy groups -OCH3 is 1. The van der Waals surface area contributed by atoms with Crippen molar-refractivity contribution >= 4 is 17.3 Å². The molecule has 0 aliphatic heterocycles. The Morgan fingerprint density at radius 3 is 2.79 bits per heavy atom. The van der Waals surface area contributed by atoms with Crippen molar-refractivity contribution in [3.8, 4) is 11.5 Å². The largest absolute Gasteiger partial charge is 0.508 e. The van der Waals surface area contributed by atoms with Gasteiger partial charge in [0.15, 0.2) is 11.6 Å². The number of phenolic OH excluding ortho intramolecular Hbond substituents is 1. The molecule has 0 aromatic heterocycles. The van der Waals surface area contributed by atoms with Crippen LogP contribution in [0.15, 0.2) is 36.4 Å². The van der Waals surface area contributed by atoms with E-state index in [1.807, 2.05) is 0 Å². The molecule has 0 atom stereocenters. The van der Waals surface area contributed by atoms with Gasteiger partial charge in [0, 0.05) is 28.9 Å². The molecule has 2 N–H and O–H groups in total. The fourth-order valence-corrected chi connectivity index (χ4v) is 1.86. The normalized spacial score (nSPS) is 10.3. The number of halogens is 2. The van der Waals surface area contributed by atoms with Gasteiger partial charge in [-0.2, -0.15) is 0 Å². The lowest BCUT2D eigenvalue weighted by molar-refractivity contribution is 0.387. The van der Waals surface area contributed by atoms with Crippen LogP contribution >= 0.6 is 11.6 Å². The topological polar surface area (TPSA) is 41.5 Å². The zero-order valence-corrected chi connectivity index (χ0v) is 11.0. The van der Waals surface area contributed by atoms with Crippen LogP contribution in [0.4, 0.5) is 10.1 Å². The second kappa shape index (κ2) is 5.80. The Kier molecular flexibility index (Phi) is 4.12. The average Bonchev–Trinajstić information content (AvgIpc) is 2.41. The summed E-state index contributed by atoms with van der Waals surface area (Å²) in [5, 5.41) is 13.3. The zero-order chi connectivity index (χ0) is 13.8. The van der Waals surface area contributed by atoms with Crippen LogP contribution in [-0.2, 0) is 6.54 Å². The summed E-state index contributed by atoms with van der Waals surface area (Å²) in [5.41, 5.74) is 1.36. The van der Waals surface area contributed by atoms with Crippen LogP contribution in [0.2, 0.25) is 5.02 Å². The molecule has 0 heterocycles. The maximum Gasteiger partial charge on any atom is 0.165 e. The molecule has 0 unspecified atom stereocenters. The smallest absolute Gasteiger partial charge is 0.165 e. The van der Waals surface area contributed by atoms with Crippen LogP contribution in [0, 0.1) is 5.82 Å². The molecule has 0 aliphatic carbocycles. The van der Waals surface area contributed by atoms with Crippen LogP contribution in [0.5, 0.6) is 11.5 Å². The summed E-state index contributed by atoms with van der Waals surface area (Å²) in [7, 11) is 1.41. The van der Waals surface area contributed by atoms with Crippen molar-refractivity contribution in [2.24, 2.45) is 0 Å². The Labute approximate surface area is 115 Å². The molecule has 0 saturated carbocycles. The van der Waals surface area contributed by atoms with E-state index in [9.17, 15) is 9.50 Å². The number of ether oxygens (including phenoxy) is 1. The molecule has 100 valence electrons. The first-order chi connectivity index (χ1) is 9.10. The minimum atomic E-state index is -0.418. The number of benzene rings is 2. The maximum atomic E-state index is 13.2. The third-order valence-corrected chi connectivity index (χ3v) is 2.91. The molecule has 0 bridgehead atoms. The van der Waals surface area contributed by atoms with Gasteiger partial charge in [0.2, 0.25) is 0 Å². The van der Waals surface area contributed by atoms with Gasteiger partial charge in [0.05, 0.1) is 7.11 Å². The minimum absolute atomic E-state index is 0.158. The number of hydrogen-bond donors (Lipinski definition) is 2. The number of anilines is 1. The third-order valence-electron chi connectivity index (χ3n) is 2.68. The first kappa shape index (κ1) is 13.5. The van der Waals surface area contributed by atoms with Crippen molar-refractivity contribution in [3.63, 3.8) is 0 Å². The van der Waals surface area contributed by atoms with E-state index in [1.165, 1.54) is 19.2 Å². The zero-order valence-electron chi connectivity index (χ0n) is 10.3. The molecule has 0 aliphatic rings. The quantitative estimate of drug-likeness (QED) is 0.895. The summed E-state index contributed by atoms with van der Waals surface area (Å²) in [5.74, 6) is -0.0926. The SMILES string of the molecule is COc1cc(NCc2cc(Cl)ccc2O)ccc1F. The lowest BCUT2D eigenvalue weighted by Crippen LogP contribution is -2.00. The van der Waals surface area contributed by atoms with Crippen LogP contribution < -0.4 is 10.1 Å². The summed E-state index contributed by atoms with van der Waals surface area (Å²) in [6, 6.07) is 9.28. The van der Waals surface area contributed by atoms with E-state index >= 15 is 0 Å². The van der Waals surface area contributed by atoms with E-state index in [0.717, 1.165) is 0 Å². The van der Waals surface area contributed by atoms with Gasteiger partial charge in [-0.15, -0.1) is 0 Å². The fourth-order valence-electron chi connectivity index (χ4n) is 1.66. The van der Waals surface area contributed by atoms with Gasteiger partial charge in [0.1, 0.15) is 5.75 Å². The van der Waals surface area contributed by atoms with Crippen LogP contribution in [0.25, 0.3) is 0 Å². The second-order valence-corrected chi connectivity index (χ2v) is 4.41. The highest BCUT2D eigenvalue weighted by atomic mass is 35.5. The summed E-state index contributed by atoms with van der Waals surface area (Å²) < 4.78 is 18.1. The standard InChI is InChI=1S/C14H13ClFNO2/c1-19-14-7-11(3-4-12(14)16)17-8-9-6-10(15)2-5-13(9)18/h2-7,17-18H,8H2,1H3. The molecule has 2 rings (SSSR count). The summed E-state index contributed by atoms with van der Waals surface area (Å²) in [6.07, 6.45) is 0. The molecule has 2 aromatic carbocycles. The van der Waals surface area contributed by atoms with E-state index in [1.54, 1.807) is 24.3 Å². The number of hydrogen-bond acceptors (Lipinski definition) is 3. The molecule has 5 heteroatoms. The molecule has 0 saturated heterocycles. The number of rotatable bonds is 4. The van der Waals surface area contributed by atoms with E-state index in [4.69, 9.17) is 16.3 Å². The highest BCUT2D eigenvalue weighted by Gasteiger charge is 2.05. The lowest BCUT2D eigenvalue weighted by Gasteiger charge is -2.10. The van der Waals surface area contributed by atoms with Crippen molar-refractivity contribution in [2.45, 2.75) is 6.54 Å². The molecule has 2 aromatic rings. The first-order valence-electron chi connectivity index (χ1n) is 5.65. The van der Waals surface area contributed by atoms with E-state index < -0.39 is 5.82 Å². The molecule has 0 spiro atoms. The van der Waals surface area contributed by atoms with Gasteiger partial charge < -0.3 is 15.2 Å². The van der Waals surface area contributed by atoms with Gasteiger partial charge in [-0.05, 0) is 30.3 Å². The van der Waals surface area contributed by atoms with Gasteiger partial charge in [-0.25, -0.2) is 4.39 Å². The van der Waals surface area contributed by atoms with Crippen molar-refractivity contribution < 1.29 is 14.2 Å². The van der Waals surface area contributed by atoms with Crippen molar-refractivity contribution in [1.29, 1.82) is 0 Å². The predicted molar refractivity (Wildman–Crippen MR) is 73.4 cm³/mol. The minimum Gasteiger partial charge on any atom is -0.508 e. The van der Waals surface area contributed by atoms with Crippen molar-refractivity contribution in [2.75, 3.05) is 12.4 Å². The predicted octanol–water partition coefficient (Wildman–Crippen LogP) is 3.81. The van der Waals surface area contributed by atoms with Gasteiger partial charge in [-0.1, -0.05) is 11.6 Å². The summed E-state index contributed by atoms with van der Waals surface area (Å²) in [6.45, 7) is 0.376. The molecule has 19 heavy (non-hydrogen) atoms. The molecule has 0 fully saturated rings. The Hall–Kier alpha value is -1.94. The lowest BCUT2D eigenvalue weighted by atomic mass is 10.2. The number of aromatic hydroxyl groups is 1. The van der Waals surface area contributed by atoms with Gasteiger partial charge in [0.25, 0.3) is 0 Å². The monoisotopic (exact) mass is 281 g/mol. The molecular formula is C14H13ClFNO2. The van der Waals surface area contributed by atoms with E-state index in [-0.39, 0.29) is 11.5 Å². The summed E-state index contributed by atoms with van der Waals surface area (Å²) >= 11 is 5.86. The Morgan fingerprint density at radius 2 is 2.05 bits per heavy atom. The molecular weight excluding hydrogens is 269 g/mol. The molecule has 0 amide bonds. The first-order valence-corrected chi connectivity index (χ1v) is 6.03. The number of phenols is 1. The van der Waals surface area contributed by atoms with Gasteiger partial charge >= 0.3 is 0 Å². The van der Waals surface area contributed by atoms with E-state index in [0.29, 0.717) is 22.8 Å².